The van der Waals surface area contributed by atoms with Gasteiger partial charge in [-0.05, 0) is 25.0 Å². The molecule has 0 saturated heterocycles. The second-order valence-electron chi connectivity index (χ2n) is 2.71. The third kappa shape index (κ3) is 1.20. The summed E-state index contributed by atoms with van der Waals surface area (Å²) in [6.07, 6.45) is 1.89. The zero-order chi connectivity index (χ0) is 8.43. The predicted octanol–water partition coefficient (Wildman–Crippen LogP) is 1.71. The van der Waals surface area contributed by atoms with Crippen molar-refractivity contribution in [3.63, 3.8) is 0 Å². The predicted molar refractivity (Wildman–Crippen MR) is 44.9 cm³/mol. The van der Waals surface area contributed by atoms with Crippen LogP contribution >= 0.6 is 0 Å². The molecular formula is C9H13NO. The van der Waals surface area contributed by atoms with Gasteiger partial charge in [0.2, 0.25) is 0 Å². The van der Waals surface area contributed by atoms with Crippen molar-refractivity contribution in [3.8, 4) is 0 Å². The highest BCUT2D eigenvalue weighted by Crippen LogP contribution is 2.12. The highest BCUT2D eigenvalue weighted by Gasteiger charge is 2.05. The van der Waals surface area contributed by atoms with Crippen LogP contribution < -0.4 is 0 Å². The van der Waals surface area contributed by atoms with Gasteiger partial charge in [-0.3, -0.25) is 4.79 Å². The number of aromatic nitrogens is 1. The van der Waals surface area contributed by atoms with Gasteiger partial charge in [0.1, 0.15) is 0 Å². The molecule has 0 aliphatic rings. The van der Waals surface area contributed by atoms with E-state index in [0.29, 0.717) is 0 Å². The Balaban J connectivity index is 3.22. The summed E-state index contributed by atoms with van der Waals surface area (Å²) in [4.78, 5) is 10.5. The van der Waals surface area contributed by atoms with Crippen LogP contribution in [-0.4, -0.2) is 10.9 Å². The van der Waals surface area contributed by atoms with Gasteiger partial charge in [-0.25, -0.2) is 0 Å². The Bertz CT molecular complexity index is 273. The molecule has 0 fully saturated rings. The highest BCUT2D eigenvalue weighted by molar-refractivity contribution is 5.73. The fourth-order valence-corrected chi connectivity index (χ4v) is 1.26. The van der Waals surface area contributed by atoms with Gasteiger partial charge >= 0.3 is 0 Å². The van der Waals surface area contributed by atoms with Gasteiger partial charge in [-0.15, -0.1) is 0 Å². The number of aryl methyl sites for hydroxylation is 1. The molecule has 0 atom stereocenters. The smallest absolute Gasteiger partial charge is 0.166 e. The van der Waals surface area contributed by atoms with Crippen LogP contribution in [0, 0.1) is 6.92 Å². The second-order valence-corrected chi connectivity index (χ2v) is 2.71. The van der Waals surface area contributed by atoms with Crippen molar-refractivity contribution in [1.82, 2.24) is 4.57 Å². The first-order valence-corrected chi connectivity index (χ1v) is 3.81. The van der Waals surface area contributed by atoms with Gasteiger partial charge < -0.3 is 4.57 Å². The molecule has 0 unspecified atom stereocenters. The number of hydrogen-bond acceptors (Lipinski definition) is 1. The lowest BCUT2D eigenvalue weighted by Crippen LogP contribution is -1.96. The molecule has 1 aromatic rings. The van der Waals surface area contributed by atoms with Crippen molar-refractivity contribution in [3.05, 3.63) is 23.0 Å². The Morgan fingerprint density at radius 1 is 1.64 bits per heavy atom. The Labute approximate surface area is 66.8 Å². The van der Waals surface area contributed by atoms with Gasteiger partial charge in [0.25, 0.3) is 0 Å². The van der Waals surface area contributed by atoms with Crippen LogP contribution in [0.5, 0.6) is 0 Å². The van der Waals surface area contributed by atoms with Crippen molar-refractivity contribution in [2.24, 2.45) is 7.05 Å². The number of aldehydes is 1. The molecule has 11 heavy (non-hydrogen) atoms. The van der Waals surface area contributed by atoms with Crippen molar-refractivity contribution in [2.75, 3.05) is 0 Å². The summed E-state index contributed by atoms with van der Waals surface area (Å²) in [6, 6.07) is 1.95. The maximum absolute atomic E-state index is 10.5. The summed E-state index contributed by atoms with van der Waals surface area (Å²) in [6.45, 7) is 4.13. The fraction of sp³-hybridized carbons (Fsp3) is 0.444. The van der Waals surface area contributed by atoms with Gasteiger partial charge in [0.15, 0.2) is 6.29 Å². The maximum Gasteiger partial charge on any atom is 0.166 e. The third-order valence-corrected chi connectivity index (χ3v) is 2.18. The van der Waals surface area contributed by atoms with E-state index in [9.17, 15) is 4.79 Å². The number of carbonyl (C=O) groups is 1. The van der Waals surface area contributed by atoms with Crippen molar-refractivity contribution in [2.45, 2.75) is 20.3 Å². The summed E-state index contributed by atoms with van der Waals surface area (Å²) in [5.74, 6) is 0. The van der Waals surface area contributed by atoms with E-state index in [4.69, 9.17) is 0 Å². The molecule has 1 rings (SSSR count). The molecule has 0 amide bonds. The molecule has 60 valence electrons. The lowest BCUT2D eigenvalue weighted by Gasteiger charge is -1.98. The largest absolute Gasteiger partial charge is 0.346 e. The standard InChI is InChI=1S/C9H13NO/c1-4-8-5-9(6-11)10(3)7(8)2/h5-6H,4H2,1-3H3. The van der Waals surface area contributed by atoms with Crippen LogP contribution in [-0.2, 0) is 13.5 Å². The molecular weight excluding hydrogens is 138 g/mol. The van der Waals surface area contributed by atoms with Crippen LogP contribution in [0.1, 0.15) is 28.7 Å². The van der Waals surface area contributed by atoms with Crippen molar-refractivity contribution >= 4 is 6.29 Å². The van der Waals surface area contributed by atoms with E-state index in [1.807, 2.05) is 24.6 Å². The molecule has 0 radical (unpaired) electrons. The SMILES string of the molecule is CCc1cc(C=O)n(C)c1C. The van der Waals surface area contributed by atoms with Crippen LogP contribution in [0.4, 0.5) is 0 Å². The van der Waals surface area contributed by atoms with Crippen LogP contribution in [0.25, 0.3) is 0 Å². The van der Waals surface area contributed by atoms with E-state index >= 15 is 0 Å². The molecule has 1 heterocycles. The number of rotatable bonds is 2. The minimum absolute atomic E-state index is 0.763. The van der Waals surface area contributed by atoms with Gasteiger partial charge in [0, 0.05) is 12.7 Å². The first kappa shape index (κ1) is 8.05. The van der Waals surface area contributed by atoms with Crippen molar-refractivity contribution in [1.29, 1.82) is 0 Å². The quantitative estimate of drug-likeness (QED) is 0.590. The molecule has 0 aliphatic heterocycles. The normalized spacial score (nSPS) is 10.1. The topological polar surface area (TPSA) is 22.0 Å². The van der Waals surface area contributed by atoms with E-state index < -0.39 is 0 Å². The average molecular weight is 151 g/mol. The molecule has 0 N–H and O–H groups in total. The van der Waals surface area contributed by atoms with Crippen LogP contribution in [0.3, 0.4) is 0 Å². The number of nitrogens with zero attached hydrogens (tertiary/aromatic N) is 1. The lowest BCUT2D eigenvalue weighted by atomic mass is 10.2. The van der Waals surface area contributed by atoms with E-state index in [1.165, 1.54) is 11.3 Å². The highest BCUT2D eigenvalue weighted by atomic mass is 16.1. The number of carbonyl (C=O) groups excluding carboxylic acids is 1. The fourth-order valence-electron chi connectivity index (χ4n) is 1.26. The maximum atomic E-state index is 10.5. The van der Waals surface area contributed by atoms with Gasteiger partial charge in [0.05, 0.1) is 5.69 Å². The second kappa shape index (κ2) is 2.91. The molecule has 0 spiro atoms. The molecule has 0 aliphatic carbocycles. The summed E-state index contributed by atoms with van der Waals surface area (Å²) in [5.41, 5.74) is 3.21. The minimum atomic E-state index is 0.763. The van der Waals surface area contributed by atoms with E-state index in [0.717, 1.165) is 18.4 Å². The van der Waals surface area contributed by atoms with Gasteiger partial charge in [-0.1, -0.05) is 6.92 Å². The van der Waals surface area contributed by atoms with Crippen molar-refractivity contribution < 1.29 is 4.79 Å². The molecule has 0 bridgehead atoms. The van der Waals surface area contributed by atoms with Gasteiger partial charge in [-0.2, -0.15) is 0 Å². The molecule has 2 heteroatoms. The summed E-state index contributed by atoms with van der Waals surface area (Å²) in [5, 5.41) is 0. The lowest BCUT2D eigenvalue weighted by molar-refractivity contribution is 0.111. The monoisotopic (exact) mass is 151 g/mol. The third-order valence-electron chi connectivity index (χ3n) is 2.18. The molecule has 2 nitrogen and oxygen atoms in total. The Morgan fingerprint density at radius 3 is 2.55 bits per heavy atom. The van der Waals surface area contributed by atoms with Crippen LogP contribution in [0.15, 0.2) is 6.07 Å². The summed E-state index contributed by atoms with van der Waals surface area (Å²) in [7, 11) is 1.91. The first-order valence-electron chi connectivity index (χ1n) is 3.81. The Morgan fingerprint density at radius 2 is 2.27 bits per heavy atom. The molecule has 1 aromatic heterocycles. The zero-order valence-corrected chi connectivity index (χ0v) is 7.22. The Hall–Kier alpha value is -1.05. The van der Waals surface area contributed by atoms with E-state index in [2.05, 4.69) is 6.92 Å². The summed E-state index contributed by atoms with van der Waals surface area (Å²) < 4.78 is 1.92. The Kier molecular flexibility index (Phi) is 2.13. The number of hydrogen-bond donors (Lipinski definition) is 0. The van der Waals surface area contributed by atoms with E-state index in [-0.39, 0.29) is 0 Å². The van der Waals surface area contributed by atoms with Crippen LogP contribution in [0.2, 0.25) is 0 Å². The molecule has 0 aromatic carbocycles. The average Bonchev–Trinajstić information content (AvgIpc) is 2.30. The minimum Gasteiger partial charge on any atom is -0.346 e. The molecule has 0 saturated carbocycles. The summed E-state index contributed by atoms with van der Waals surface area (Å²) >= 11 is 0. The zero-order valence-electron chi connectivity index (χ0n) is 7.22. The van der Waals surface area contributed by atoms with E-state index in [1.54, 1.807) is 0 Å². The first-order chi connectivity index (χ1) is 5.20.